The Labute approximate surface area is 161 Å². The van der Waals surface area contributed by atoms with Crippen LogP contribution in [0.3, 0.4) is 0 Å². The molecule has 0 saturated heterocycles. The standard InChI is InChI=1S/C22H27N3O2/c1-15-8-7-9-16(2)22(15)23-20(26)13-24(4)14-21(27)25-17(3)12-18-10-5-6-11-19(18)25/h5-11,17H,12-14H2,1-4H3,(H,23,26)/t17-/m1/s1. The molecular formula is C22H27N3O2. The summed E-state index contributed by atoms with van der Waals surface area (Å²) < 4.78 is 0. The minimum Gasteiger partial charge on any atom is -0.324 e. The van der Waals surface area contributed by atoms with Crippen LogP contribution in [-0.4, -0.2) is 42.9 Å². The van der Waals surface area contributed by atoms with Gasteiger partial charge in [0, 0.05) is 17.4 Å². The quantitative estimate of drug-likeness (QED) is 0.886. The van der Waals surface area contributed by atoms with Crippen molar-refractivity contribution < 1.29 is 9.59 Å². The summed E-state index contributed by atoms with van der Waals surface area (Å²) in [5, 5.41) is 2.97. The van der Waals surface area contributed by atoms with Gasteiger partial charge in [-0.3, -0.25) is 14.5 Å². The molecule has 0 aliphatic carbocycles. The van der Waals surface area contributed by atoms with E-state index in [2.05, 4.69) is 18.3 Å². The number of para-hydroxylation sites is 2. The summed E-state index contributed by atoms with van der Waals surface area (Å²) in [4.78, 5) is 28.9. The molecule has 2 aromatic rings. The molecule has 1 heterocycles. The number of nitrogens with zero attached hydrogens (tertiary/aromatic N) is 2. The van der Waals surface area contributed by atoms with E-state index in [0.29, 0.717) is 0 Å². The van der Waals surface area contributed by atoms with Gasteiger partial charge >= 0.3 is 0 Å². The number of hydrogen-bond donors (Lipinski definition) is 1. The number of fused-ring (bicyclic) bond motifs is 1. The van der Waals surface area contributed by atoms with E-state index in [1.165, 1.54) is 5.56 Å². The van der Waals surface area contributed by atoms with Gasteiger partial charge in [0.15, 0.2) is 0 Å². The molecule has 0 spiro atoms. The van der Waals surface area contributed by atoms with Gasteiger partial charge in [-0.2, -0.15) is 0 Å². The second-order valence-electron chi connectivity index (χ2n) is 7.43. The molecule has 1 atom stereocenters. The van der Waals surface area contributed by atoms with Gasteiger partial charge in [-0.25, -0.2) is 0 Å². The first-order chi connectivity index (χ1) is 12.9. The second kappa shape index (κ2) is 7.92. The zero-order chi connectivity index (χ0) is 19.6. The number of anilines is 2. The van der Waals surface area contributed by atoms with Crippen LogP contribution >= 0.6 is 0 Å². The minimum atomic E-state index is -0.113. The fourth-order valence-corrected chi connectivity index (χ4v) is 3.74. The molecule has 0 fully saturated rings. The number of nitrogens with one attached hydrogen (secondary N) is 1. The lowest BCUT2D eigenvalue weighted by Crippen LogP contribution is -2.43. The van der Waals surface area contributed by atoms with E-state index >= 15 is 0 Å². The molecule has 0 radical (unpaired) electrons. The van der Waals surface area contributed by atoms with E-state index < -0.39 is 0 Å². The molecule has 5 nitrogen and oxygen atoms in total. The highest BCUT2D eigenvalue weighted by Gasteiger charge is 2.30. The number of amides is 2. The third-order valence-corrected chi connectivity index (χ3v) is 5.04. The molecule has 27 heavy (non-hydrogen) atoms. The summed E-state index contributed by atoms with van der Waals surface area (Å²) in [5.74, 6) is -0.0904. The summed E-state index contributed by atoms with van der Waals surface area (Å²) in [6.07, 6.45) is 0.874. The smallest absolute Gasteiger partial charge is 0.241 e. The summed E-state index contributed by atoms with van der Waals surface area (Å²) in [7, 11) is 1.80. The van der Waals surface area contributed by atoms with Crippen LogP contribution in [0.4, 0.5) is 11.4 Å². The zero-order valence-electron chi connectivity index (χ0n) is 16.5. The Hall–Kier alpha value is -2.66. The third-order valence-electron chi connectivity index (χ3n) is 5.04. The van der Waals surface area contributed by atoms with Crippen molar-refractivity contribution in [1.82, 2.24) is 4.90 Å². The molecule has 0 saturated carbocycles. The molecule has 1 aliphatic heterocycles. The van der Waals surface area contributed by atoms with E-state index in [1.807, 2.05) is 55.1 Å². The number of benzene rings is 2. The maximum atomic E-state index is 12.8. The number of likely N-dealkylation sites (N-methyl/N-ethyl adjacent to an activating group) is 1. The second-order valence-corrected chi connectivity index (χ2v) is 7.43. The Balaban J connectivity index is 1.60. The van der Waals surface area contributed by atoms with Crippen molar-refractivity contribution in [2.45, 2.75) is 33.2 Å². The number of aryl methyl sites for hydroxylation is 2. The minimum absolute atomic E-state index is 0.0230. The Kier molecular flexibility index (Phi) is 5.61. The summed E-state index contributed by atoms with van der Waals surface area (Å²) in [6.45, 7) is 6.39. The maximum absolute atomic E-state index is 12.8. The van der Waals surface area contributed by atoms with Crippen molar-refractivity contribution in [1.29, 1.82) is 0 Å². The summed E-state index contributed by atoms with van der Waals surface area (Å²) in [6, 6.07) is 14.1. The normalized spacial score (nSPS) is 15.7. The predicted molar refractivity (Wildman–Crippen MR) is 109 cm³/mol. The van der Waals surface area contributed by atoms with Crippen molar-refractivity contribution in [2.24, 2.45) is 0 Å². The van der Waals surface area contributed by atoms with Gasteiger partial charge in [0.25, 0.3) is 0 Å². The van der Waals surface area contributed by atoms with Crippen molar-refractivity contribution in [3.8, 4) is 0 Å². The largest absolute Gasteiger partial charge is 0.324 e. The van der Waals surface area contributed by atoms with Crippen LogP contribution in [0.1, 0.15) is 23.6 Å². The lowest BCUT2D eigenvalue weighted by molar-refractivity contribution is -0.121. The van der Waals surface area contributed by atoms with Gasteiger partial charge < -0.3 is 10.2 Å². The first-order valence-electron chi connectivity index (χ1n) is 9.31. The maximum Gasteiger partial charge on any atom is 0.241 e. The van der Waals surface area contributed by atoms with Gasteiger partial charge in [0.2, 0.25) is 11.8 Å². The lowest BCUT2D eigenvalue weighted by Gasteiger charge is -2.25. The highest BCUT2D eigenvalue weighted by atomic mass is 16.2. The molecule has 3 rings (SSSR count). The first kappa shape index (κ1) is 19.1. The molecular weight excluding hydrogens is 338 g/mol. The molecule has 0 bridgehead atoms. The van der Waals surface area contributed by atoms with E-state index in [0.717, 1.165) is 28.9 Å². The fraction of sp³-hybridized carbons (Fsp3) is 0.364. The Morgan fingerprint density at radius 3 is 2.44 bits per heavy atom. The Morgan fingerprint density at radius 1 is 1.07 bits per heavy atom. The van der Waals surface area contributed by atoms with Crippen LogP contribution in [0.15, 0.2) is 42.5 Å². The van der Waals surface area contributed by atoms with Crippen LogP contribution in [0.2, 0.25) is 0 Å². The van der Waals surface area contributed by atoms with Crippen molar-refractivity contribution >= 4 is 23.2 Å². The van der Waals surface area contributed by atoms with Crippen LogP contribution < -0.4 is 10.2 Å². The highest BCUT2D eigenvalue weighted by molar-refractivity contribution is 5.98. The molecule has 1 aliphatic rings. The molecule has 142 valence electrons. The highest BCUT2D eigenvalue weighted by Crippen LogP contribution is 2.31. The number of carbonyl (C=O) groups is 2. The number of carbonyl (C=O) groups excluding carboxylic acids is 2. The van der Waals surface area contributed by atoms with Crippen LogP contribution in [-0.2, 0) is 16.0 Å². The van der Waals surface area contributed by atoms with Gasteiger partial charge in [0.1, 0.15) is 0 Å². The third kappa shape index (κ3) is 4.19. The topological polar surface area (TPSA) is 52.7 Å². The zero-order valence-corrected chi connectivity index (χ0v) is 16.5. The first-order valence-corrected chi connectivity index (χ1v) is 9.31. The average Bonchev–Trinajstić information content (AvgIpc) is 2.93. The van der Waals surface area contributed by atoms with E-state index in [9.17, 15) is 9.59 Å². The van der Waals surface area contributed by atoms with E-state index in [4.69, 9.17) is 0 Å². The molecule has 0 unspecified atom stereocenters. The summed E-state index contributed by atoms with van der Waals surface area (Å²) >= 11 is 0. The van der Waals surface area contributed by atoms with Crippen molar-refractivity contribution in [2.75, 3.05) is 30.4 Å². The number of hydrogen-bond acceptors (Lipinski definition) is 3. The lowest BCUT2D eigenvalue weighted by atomic mass is 10.1. The van der Waals surface area contributed by atoms with Crippen LogP contribution in [0.25, 0.3) is 0 Å². The van der Waals surface area contributed by atoms with Crippen molar-refractivity contribution in [3.05, 3.63) is 59.2 Å². The molecule has 5 heteroatoms. The Bertz CT molecular complexity index is 842. The Morgan fingerprint density at radius 2 is 1.74 bits per heavy atom. The molecule has 0 aromatic heterocycles. The van der Waals surface area contributed by atoms with Crippen LogP contribution in [0.5, 0.6) is 0 Å². The fourth-order valence-electron chi connectivity index (χ4n) is 3.74. The van der Waals surface area contributed by atoms with Gasteiger partial charge in [-0.05, 0) is 57.0 Å². The van der Waals surface area contributed by atoms with E-state index in [-0.39, 0.29) is 30.9 Å². The predicted octanol–water partition coefficient (Wildman–Crippen LogP) is 3.15. The molecule has 1 N–H and O–H groups in total. The van der Waals surface area contributed by atoms with Gasteiger partial charge in [-0.15, -0.1) is 0 Å². The average molecular weight is 365 g/mol. The monoisotopic (exact) mass is 365 g/mol. The van der Waals surface area contributed by atoms with Gasteiger partial charge in [0.05, 0.1) is 13.1 Å². The van der Waals surface area contributed by atoms with E-state index in [1.54, 1.807) is 11.9 Å². The van der Waals surface area contributed by atoms with Crippen LogP contribution in [0, 0.1) is 13.8 Å². The molecule has 2 amide bonds. The van der Waals surface area contributed by atoms with Gasteiger partial charge in [-0.1, -0.05) is 36.4 Å². The SMILES string of the molecule is Cc1cccc(C)c1NC(=O)CN(C)CC(=O)N1c2ccccc2C[C@H]1C. The van der Waals surface area contributed by atoms with Crippen molar-refractivity contribution in [3.63, 3.8) is 0 Å². The number of rotatable bonds is 5. The summed E-state index contributed by atoms with van der Waals surface area (Å²) in [5.41, 5.74) is 5.11. The molecule has 2 aromatic carbocycles.